The van der Waals surface area contributed by atoms with E-state index in [-0.39, 0.29) is 17.3 Å². The van der Waals surface area contributed by atoms with Crippen LogP contribution in [0.3, 0.4) is 0 Å². The van der Waals surface area contributed by atoms with Gasteiger partial charge in [0, 0.05) is 29.7 Å². The zero-order chi connectivity index (χ0) is 17.4. The van der Waals surface area contributed by atoms with Crippen molar-refractivity contribution in [1.29, 1.82) is 5.41 Å². The second-order valence-electron chi connectivity index (χ2n) is 5.57. The predicted octanol–water partition coefficient (Wildman–Crippen LogP) is 3.97. The van der Waals surface area contributed by atoms with Crippen LogP contribution in [0.15, 0.2) is 64.8 Å². The first-order valence-electron chi connectivity index (χ1n) is 7.57. The Kier molecular flexibility index (Phi) is 4.07. The summed E-state index contributed by atoms with van der Waals surface area (Å²) < 4.78 is 2.02. The van der Waals surface area contributed by atoms with Crippen LogP contribution in [-0.2, 0) is 11.3 Å². The zero-order valence-corrected chi connectivity index (χ0v) is 14.6. The first-order valence-corrected chi connectivity index (χ1v) is 8.83. The Morgan fingerprint density at radius 2 is 2.04 bits per heavy atom. The number of amidine groups is 2. The van der Waals surface area contributed by atoms with Gasteiger partial charge in [0.2, 0.25) is 0 Å². The van der Waals surface area contributed by atoms with Crippen molar-refractivity contribution >= 4 is 46.3 Å². The van der Waals surface area contributed by atoms with Gasteiger partial charge in [-0.3, -0.25) is 15.1 Å². The van der Waals surface area contributed by atoms with Gasteiger partial charge in [-0.1, -0.05) is 35.5 Å². The van der Waals surface area contributed by atoms with Gasteiger partial charge in [0.1, 0.15) is 5.84 Å². The molecule has 7 heteroatoms. The number of aliphatic imine (C=N–C) groups is 1. The van der Waals surface area contributed by atoms with Crippen molar-refractivity contribution < 1.29 is 4.79 Å². The maximum atomic E-state index is 12.3. The molecule has 0 saturated heterocycles. The van der Waals surface area contributed by atoms with Crippen molar-refractivity contribution in [2.45, 2.75) is 6.54 Å². The Labute approximate surface area is 153 Å². The molecular formula is C18H13ClN4OS. The molecule has 1 amide bonds. The number of thioether (sulfide) groups is 1. The fraction of sp³-hybridized carbons (Fsp3) is 0.0556. The molecule has 1 aromatic heterocycles. The molecule has 3 heterocycles. The van der Waals surface area contributed by atoms with E-state index in [0.717, 1.165) is 11.3 Å². The minimum absolute atomic E-state index is 0.149. The third-order valence-electron chi connectivity index (χ3n) is 3.94. The second kappa shape index (κ2) is 6.38. The van der Waals surface area contributed by atoms with E-state index in [4.69, 9.17) is 17.0 Å². The van der Waals surface area contributed by atoms with Crippen LogP contribution >= 0.6 is 23.4 Å². The Balaban J connectivity index is 1.65. The molecule has 0 fully saturated rings. The maximum Gasteiger partial charge on any atom is 0.283 e. The number of hydrogen-bond acceptors (Lipinski definition) is 3. The Bertz CT molecular complexity index is 956. The summed E-state index contributed by atoms with van der Waals surface area (Å²) in [5.41, 5.74) is 2.23. The van der Waals surface area contributed by atoms with Gasteiger partial charge in [0.25, 0.3) is 5.91 Å². The van der Waals surface area contributed by atoms with Crippen molar-refractivity contribution in [1.82, 2.24) is 9.47 Å². The molecule has 2 aromatic rings. The van der Waals surface area contributed by atoms with Crippen LogP contribution in [0.2, 0.25) is 5.02 Å². The molecule has 2 aliphatic rings. The van der Waals surface area contributed by atoms with Gasteiger partial charge in [-0.2, -0.15) is 4.99 Å². The molecule has 0 saturated carbocycles. The lowest BCUT2D eigenvalue weighted by atomic mass is 10.1. The molecule has 25 heavy (non-hydrogen) atoms. The molecule has 0 atom stereocenters. The molecule has 0 bridgehead atoms. The van der Waals surface area contributed by atoms with Gasteiger partial charge in [-0.25, -0.2) is 0 Å². The van der Waals surface area contributed by atoms with E-state index in [9.17, 15) is 4.79 Å². The number of fused-ring (bicyclic) bond motifs is 1. The SMILES string of the molecule is N=C1C(=Cc2cccn2Cc2ccc(Cl)cc2)C(=O)N=C2SC=CN12. The van der Waals surface area contributed by atoms with E-state index in [1.54, 1.807) is 17.2 Å². The smallest absolute Gasteiger partial charge is 0.283 e. The van der Waals surface area contributed by atoms with Gasteiger partial charge in [-0.05, 0) is 41.3 Å². The summed E-state index contributed by atoms with van der Waals surface area (Å²) in [4.78, 5) is 18.0. The molecule has 0 unspecified atom stereocenters. The van der Waals surface area contributed by atoms with E-state index >= 15 is 0 Å². The number of hydrogen-bond donors (Lipinski definition) is 1. The lowest BCUT2D eigenvalue weighted by Crippen LogP contribution is -2.35. The van der Waals surface area contributed by atoms with E-state index in [0.29, 0.717) is 16.7 Å². The van der Waals surface area contributed by atoms with Crippen LogP contribution < -0.4 is 0 Å². The fourth-order valence-electron chi connectivity index (χ4n) is 2.67. The molecule has 1 aromatic carbocycles. The molecule has 4 rings (SSSR count). The number of nitrogens with zero attached hydrogens (tertiary/aromatic N) is 3. The van der Waals surface area contributed by atoms with Gasteiger partial charge in [0.15, 0.2) is 5.17 Å². The van der Waals surface area contributed by atoms with Gasteiger partial charge >= 0.3 is 0 Å². The van der Waals surface area contributed by atoms with Gasteiger partial charge in [0.05, 0.1) is 5.57 Å². The van der Waals surface area contributed by atoms with Crippen LogP contribution in [0.4, 0.5) is 0 Å². The minimum Gasteiger partial charge on any atom is -0.344 e. The molecule has 124 valence electrons. The van der Waals surface area contributed by atoms with E-state index in [1.165, 1.54) is 11.8 Å². The summed E-state index contributed by atoms with van der Waals surface area (Å²) in [7, 11) is 0. The average Bonchev–Trinajstić information content (AvgIpc) is 3.23. The van der Waals surface area contributed by atoms with Crippen LogP contribution in [0, 0.1) is 5.41 Å². The van der Waals surface area contributed by atoms with Crippen LogP contribution in [0.1, 0.15) is 11.3 Å². The van der Waals surface area contributed by atoms with Crippen molar-refractivity contribution in [3.63, 3.8) is 0 Å². The molecule has 0 radical (unpaired) electrons. The highest BCUT2D eigenvalue weighted by Gasteiger charge is 2.31. The lowest BCUT2D eigenvalue weighted by molar-refractivity contribution is -0.114. The van der Waals surface area contributed by atoms with E-state index in [1.807, 2.05) is 52.6 Å². The zero-order valence-electron chi connectivity index (χ0n) is 13.0. The summed E-state index contributed by atoms with van der Waals surface area (Å²) >= 11 is 7.27. The van der Waals surface area contributed by atoms with Crippen LogP contribution in [-0.4, -0.2) is 26.4 Å². The largest absolute Gasteiger partial charge is 0.344 e. The lowest BCUT2D eigenvalue weighted by Gasteiger charge is -2.22. The number of carbonyl (C=O) groups excluding carboxylic acids is 1. The van der Waals surface area contributed by atoms with Crippen molar-refractivity contribution in [2.75, 3.05) is 0 Å². The highest BCUT2D eigenvalue weighted by atomic mass is 35.5. The standard InChI is InChI=1S/C18H13ClN4OS/c19-13-5-3-12(4-6-13)11-22-7-1-2-14(22)10-15-16(20)23-8-9-25-18(23)21-17(15)24/h1-10,20H,11H2. The number of benzene rings is 1. The third-order valence-corrected chi connectivity index (χ3v) is 4.94. The first kappa shape index (κ1) is 15.9. The van der Waals surface area contributed by atoms with Crippen molar-refractivity contribution in [2.24, 2.45) is 4.99 Å². The van der Waals surface area contributed by atoms with E-state index < -0.39 is 0 Å². The molecule has 0 spiro atoms. The Morgan fingerprint density at radius 3 is 2.84 bits per heavy atom. The predicted molar refractivity (Wildman–Crippen MR) is 102 cm³/mol. The molecule has 5 nitrogen and oxygen atoms in total. The fourth-order valence-corrected chi connectivity index (χ4v) is 3.50. The summed E-state index contributed by atoms with van der Waals surface area (Å²) in [5.74, 6) is -0.234. The highest BCUT2D eigenvalue weighted by Crippen LogP contribution is 2.27. The minimum atomic E-state index is -0.383. The van der Waals surface area contributed by atoms with Gasteiger partial charge in [-0.15, -0.1) is 0 Å². The number of halogens is 1. The van der Waals surface area contributed by atoms with Gasteiger partial charge < -0.3 is 4.57 Å². The van der Waals surface area contributed by atoms with Crippen LogP contribution in [0.5, 0.6) is 0 Å². The van der Waals surface area contributed by atoms with E-state index in [2.05, 4.69) is 4.99 Å². The number of rotatable bonds is 3. The van der Waals surface area contributed by atoms with Crippen molar-refractivity contribution in [3.05, 3.63) is 76.1 Å². The third kappa shape index (κ3) is 3.06. The maximum absolute atomic E-state index is 12.3. The second-order valence-corrected chi connectivity index (χ2v) is 6.88. The summed E-state index contributed by atoms with van der Waals surface area (Å²) in [5, 5.41) is 11.3. The quantitative estimate of drug-likeness (QED) is 0.834. The van der Waals surface area contributed by atoms with Crippen LogP contribution in [0.25, 0.3) is 6.08 Å². The molecule has 1 N–H and O–H groups in total. The monoisotopic (exact) mass is 368 g/mol. The first-order chi connectivity index (χ1) is 12.1. The van der Waals surface area contributed by atoms with Crippen molar-refractivity contribution in [3.8, 4) is 0 Å². The average molecular weight is 369 g/mol. The number of carbonyl (C=O) groups is 1. The number of nitrogens with one attached hydrogen (secondary N) is 1. The summed E-state index contributed by atoms with van der Waals surface area (Å²) in [6, 6.07) is 11.5. The normalized spacial score (nSPS) is 18.0. The highest BCUT2D eigenvalue weighted by molar-refractivity contribution is 8.16. The molecular weight excluding hydrogens is 356 g/mol. The summed E-state index contributed by atoms with van der Waals surface area (Å²) in [6.45, 7) is 0.652. The number of aromatic nitrogens is 1. The Hall–Kier alpha value is -2.57. The molecule has 2 aliphatic heterocycles. The molecule has 0 aliphatic carbocycles. The number of amides is 1. The topological polar surface area (TPSA) is 61.5 Å². The Morgan fingerprint density at radius 1 is 1.24 bits per heavy atom. The summed E-state index contributed by atoms with van der Waals surface area (Å²) in [6.07, 6.45) is 5.41.